The van der Waals surface area contributed by atoms with E-state index in [1.165, 1.54) is 18.4 Å². The largest absolute Gasteiger partial charge is 0.496 e. The van der Waals surface area contributed by atoms with E-state index < -0.39 is 12.0 Å². The second-order valence-corrected chi connectivity index (χ2v) is 13.8. The van der Waals surface area contributed by atoms with Crippen LogP contribution in [0, 0.1) is 11.3 Å². The van der Waals surface area contributed by atoms with E-state index in [9.17, 15) is 14.9 Å². The second-order valence-electron chi connectivity index (χ2n) is 11.9. The lowest BCUT2D eigenvalue weighted by atomic mass is 9.89. The molecule has 0 unspecified atom stereocenters. The molecule has 0 N–H and O–H groups in total. The van der Waals surface area contributed by atoms with Crippen LogP contribution < -0.4 is 29.1 Å². The van der Waals surface area contributed by atoms with Crippen LogP contribution >= 0.6 is 27.3 Å². The van der Waals surface area contributed by atoms with Gasteiger partial charge in [-0.05, 0) is 53.6 Å². The van der Waals surface area contributed by atoms with Crippen LogP contribution in [0.4, 0.5) is 0 Å². The first-order valence-electron chi connectivity index (χ1n) is 16.7. The third-order valence-corrected chi connectivity index (χ3v) is 10.6. The maximum Gasteiger partial charge on any atom is 0.338 e. The van der Waals surface area contributed by atoms with E-state index >= 15 is 0 Å². The Labute approximate surface area is 317 Å². The number of fused-ring (bicyclic) bond motifs is 2. The van der Waals surface area contributed by atoms with E-state index in [0.717, 1.165) is 16.3 Å². The zero-order valence-electron chi connectivity index (χ0n) is 29.0. The molecule has 6 aromatic rings. The number of nitrogens with zero attached hydrogens (tertiary/aromatic N) is 3. The fourth-order valence-corrected chi connectivity index (χ4v) is 7.86. The third kappa shape index (κ3) is 6.75. The van der Waals surface area contributed by atoms with Crippen LogP contribution in [0.25, 0.3) is 22.5 Å². The van der Waals surface area contributed by atoms with Gasteiger partial charge in [0.05, 0.1) is 48.3 Å². The van der Waals surface area contributed by atoms with Crippen LogP contribution in [0.15, 0.2) is 123 Å². The van der Waals surface area contributed by atoms with Crippen LogP contribution in [0.2, 0.25) is 0 Å². The van der Waals surface area contributed by atoms with Crippen LogP contribution in [-0.4, -0.2) is 31.4 Å². The van der Waals surface area contributed by atoms with Crippen molar-refractivity contribution in [2.24, 2.45) is 4.99 Å². The van der Waals surface area contributed by atoms with Crippen LogP contribution in [-0.2, 0) is 16.1 Å². The highest BCUT2D eigenvalue weighted by Gasteiger charge is 2.37. The van der Waals surface area contributed by atoms with Crippen molar-refractivity contribution in [2.45, 2.75) is 19.6 Å². The maximum absolute atomic E-state index is 14.7. The first-order valence-corrected chi connectivity index (χ1v) is 18.3. The van der Waals surface area contributed by atoms with Gasteiger partial charge in [0, 0.05) is 21.2 Å². The molecule has 1 aromatic heterocycles. The molecule has 0 aliphatic carbocycles. The molecule has 0 amide bonds. The lowest BCUT2D eigenvalue weighted by molar-refractivity contribution is -0.138. The molecular formula is C42H32BrN3O6S. The van der Waals surface area contributed by atoms with Gasteiger partial charge < -0.3 is 18.9 Å². The van der Waals surface area contributed by atoms with Gasteiger partial charge in [0.2, 0.25) is 0 Å². The number of hydrogen-bond acceptors (Lipinski definition) is 9. The third-order valence-electron chi connectivity index (χ3n) is 8.89. The van der Waals surface area contributed by atoms with Crippen molar-refractivity contribution in [3.63, 3.8) is 0 Å². The number of benzene rings is 5. The van der Waals surface area contributed by atoms with Crippen molar-refractivity contribution >= 4 is 55.8 Å². The summed E-state index contributed by atoms with van der Waals surface area (Å²) in [4.78, 5) is 34.2. The Morgan fingerprint density at radius 3 is 2.43 bits per heavy atom. The molecule has 1 aliphatic rings. The van der Waals surface area contributed by atoms with Crippen LogP contribution in [0.1, 0.15) is 40.8 Å². The van der Waals surface area contributed by atoms with Gasteiger partial charge in [-0.1, -0.05) is 106 Å². The van der Waals surface area contributed by atoms with E-state index in [1.54, 1.807) is 48.9 Å². The zero-order chi connectivity index (χ0) is 37.1. The number of halogens is 1. The summed E-state index contributed by atoms with van der Waals surface area (Å²) >= 11 is 4.88. The van der Waals surface area contributed by atoms with Gasteiger partial charge in [-0.25, -0.2) is 9.79 Å². The zero-order valence-corrected chi connectivity index (χ0v) is 31.4. The summed E-state index contributed by atoms with van der Waals surface area (Å²) in [5.74, 6) is 0.834. The molecule has 0 saturated heterocycles. The predicted molar refractivity (Wildman–Crippen MR) is 208 cm³/mol. The average Bonchev–Trinajstić information content (AvgIpc) is 3.50. The van der Waals surface area contributed by atoms with Crippen LogP contribution in [0.3, 0.4) is 0 Å². The normalized spacial score (nSPS) is 13.9. The number of esters is 1. The second kappa shape index (κ2) is 15.3. The summed E-state index contributed by atoms with van der Waals surface area (Å²) in [6.45, 7) is 2.04. The quantitative estimate of drug-likeness (QED) is 0.134. The Bertz CT molecular complexity index is 2640. The fraction of sp³-hybridized carbons (Fsp3) is 0.143. The molecule has 9 nitrogen and oxygen atoms in total. The highest BCUT2D eigenvalue weighted by Crippen LogP contribution is 2.42. The number of carbonyl (C=O) groups is 1. The van der Waals surface area contributed by atoms with Crippen molar-refractivity contribution < 1.29 is 23.7 Å². The standard InChI is InChI=1S/C42H32BrN3O6S/c1-4-51-41(48)37-38(26-13-6-5-7-14-26)45-42-46(39(37)36-30-17-11-10-12-25(30)18-19-32(36)49-2)40(47)35(53-42)21-29-20-33(50-3)34(22-31(29)43)52-24-28-16-9-8-15-27(28)23-44/h5-22,39H,4,24H2,1-3H3/t39-/m0/s1. The topological polar surface area (TPSA) is 112 Å². The molecule has 1 aliphatic heterocycles. The summed E-state index contributed by atoms with van der Waals surface area (Å²) in [5.41, 5.74) is 3.58. The molecular weight excluding hydrogens is 754 g/mol. The van der Waals surface area contributed by atoms with Gasteiger partial charge >= 0.3 is 5.97 Å². The lowest BCUT2D eigenvalue weighted by Gasteiger charge is -2.28. The van der Waals surface area contributed by atoms with Crippen molar-refractivity contribution in [1.82, 2.24) is 4.57 Å². The minimum Gasteiger partial charge on any atom is -0.496 e. The monoisotopic (exact) mass is 785 g/mol. The maximum atomic E-state index is 14.7. The first-order chi connectivity index (χ1) is 25.9. The predicted octanol–water partition coefficient (Wildman–Crippen LogP) is 7.32. The lowest BCUT2D eigenvalue weighted by Crippen LogP contribution is -2.40. The molecule has 5 aromatic carbocycles. The SMILES string of the molecule is CCOC(=O)C1=C(c2ccccc2)N=c2sc(=Cc3cc(OC)c(OCc4ccccc4C#N)cc3Br)c(=O)n2[C@H]1c1c(OC)ccc2ccccc12. The summed E-state index contributed by atoms with van der Waals surface area (Å²) in [5, 5.41) is 11.2. The molecule has 0 radical (unpaired) electrons. The van der Waals surface area contributed by atoms with Gasteiger partial charge in [0.15, 0.2) is 16.3 Å². The molecule has 0 bridgehead atoms. The molecule has 0 spiro atoms. The summed E-state index contributed by atoms with van der Waals surface area (Å²) < 4.78 is 26.0. The van der Waals surface area contributed by atoms with Gasteiger partial charge in [-0.3, -0.25) is 9.36 Å². The first kappa shape index (κ1) is 35.4. The molecule has 11 heteroatoms. The molecule has 0 fully saturated rings. The van der Waals surface area contributed by atoms with Crippen molar-refractivity contribution in [2.75, 3.05) is 20.8 Å². The van der Waals surface area contributed by atoms with E-state index in [4.69, 9.17) is 23.9 Å². The summed E-state index contributed by atoms with van der Waals surface area (Å²) in [6.07, 6.45) is 1.76. The minimum absolute atomic E-state index is 0.134. The van der Waals surface area contributed by atoms with Crippen molar-refractivity contribution in [1.29, 1.82) is 5.26 Å². The summed E-state index contributed by atoms with van der Waals surface area (Å²) in [7, 11) is 3.11. The highest BCUT2D eigenvalue weighted by atomic mass is 79.9. The fourth-order valence-electron chi connectivity index (χ4n) is 6.43. The Balaban J connectivity index is 1.44. The van der Waals surface area contributed by atoms with Gasteiger partial charge in [0.1, 0.15) is 18.4 Å². The van der Waals surface area contributed by atoms with Gasteiger partial charge in [-0.15, -0.1) is 0 Å². The Hall–Kier alpha value is -5.96. The number of aromatic nitrogens is 1. The number of methoxy groups -OCH3 is 2. The number of hydrogen-bond donors (Lipinski definition) is 0. The smallest absolute Gasteiger partial charge is 0.338 e. The van der Waals surface area contributed by atoms with E-state index in [2.05, 4.69) is 22.0 Å². The van der Waals surface area contributed by atoms with Crippen LogP contribution in [0.5, 0.6) is 17.2 Å². The number of ether oxygens (including phenoxy) is 4. The Kier molecular flexibility index (Phi) is 10.3. The van der Waals surface area contributed by atoms with E-state index in [-0.39, 0.29) is 24.3 Å². The number of rotatable bonds is 10. The van der Waals surface area contributed by atoms with E-state index in [1.807, 2.05) is 78.9 Å². The highest BCUT2D eigenvalue weighted by molar-refractivity contribution is 9.10. The number of nitriles is 1. The molecule has 2 heterocycles. The summed E-state index contributed by atoms with van der Waals surface area (Å²) in [6, 6.07) is 33.1. The molecule has 7 rings (SSSR count). The van der Waals surface area contributed by atoms with Gasteiger partial charge in [-0.2, -0.15) is 5.26 Å². The minimum atomic E-state index is -0.936. The van der Waals surface area contributed by atoms with E-state index in [0.29, 0.717) is 59.0 Å². The van der Waals surface area contributed by atoms with Gasteiger partial charge in [0.25, 0.3) is 5.56 Å². The Morgan fingerprint density at radius 1 is 0.943 bits per heavy atom. The molecule has 264 valence electrons. The van der Waals surface area contributed by atoms with Crippen molar-refractivity contribution in [3.05, 3.63) is 161 Å². The Morgan fingerprint density at radius 2 is 1.68 bits per heavy atom. The number of thiazole rings is 1. The molecule has 53 heavy (non-hydrogen) atoms. The average molecular weight is 787 g/mol. The van der Waals surface area contributed by atoms with Crippen molar-refractivity contribution in [3.8, 4) is 23.3 Å². The molecule has 0 saturated carbocycles. The molecule has 1 atom stereocenters. The number of carbonyl (C=O) groups excluding carboxylic acids is 1.